The lowest BCUT2D eigenvalue weighted by Gasteiger charge is -2.27. The molecule has 0 amide bonds. The lowest BCUT2D eigenvalue weighted by Crippen LogP contribution is -2.22. The van der Waals surface area contributed by atoms with Gasteiger partial charge in [-0.15, -0.1) is 0 Å². The maximum Gasteiger partial charge on any atom is 0.231 e. The number of nitrogens with one attached hydrogen (secondary N) is 1. The second kappa shape index (κ2) is 11.0. The van der Waals surface area contributed by atoms with Crippen molar-refractivity contribution in [2.45, 2.75) is 30.1 Å². The van der Waals surface area contributed by atoms with Crippen LogP contribution >= 0.6 is 11.9 Å². The second-order valence-electron chi connectivity index (χ2n) is 8.44. The SMILES string of the molecule is c1ccc(Oc2ccc(SNCC(CC3CCOCC3)c3ccc4c(c3)OCO4)cc2)cc1. The van der Waals surface area contributed by atoms with Gasteiger partial charge in [0.05, 0.1) is 0 Å². The standard InChI is InChI=1S/C27H29NO4S/c1-2-4-23(5-3-1)32-24-7-9-25(10-8-24)33-28-18-22(16-20-12-14-29-15-13-20)21-6-11-26-27(17-21)31-19-30-26/h1-11,17,20,22,28H,12-16,18-19H2. The minimum absolute atomic E-state index is 0.307. The van der Waals surface area contributed by atoms with Crippen LogP contribution in [0.3, 0.4) is 0 Å². The first-order chi connectivity index (χ1) is 16.3. The Hall–Kier alpha value is -2.67. The first-order valence-electron chi connectivity index (χ1n) is 11.5. The summed E-state index contributed by atoms with van der Waals surface area (Å²) in [5, 5.41) is 0. The molecule has 33 heavy (non-hydrogen) atoms. The maximum absolute atomic E-state index is 5.89. The van der Waals surface area contributed by atoms with Gasteiger partial charge in [-0.25, -0.2) is 0 Å². The van der Waals surface area contributed by atoms with Crippen LogP contribution in [0.2, 0.25) is 0 Å². The minimum Gasteiger partial charge on any atom is -0.457 e. The highest BCUT2D eigenvalue weighted by Gasteiger charge is 2.23. The van der Waals surface area contributed by atoms with Crippen molar-refractivity contribution in [1.82, 2.24) is 4.72 Å². The topological polar surface area (TPSA) is 49.0 Å². The van der Waals surface area contributed by atoms with Crippen LogP contribution in [-0.2, 0) is 4.74 Å². The molecule has 0 spiro atoms. The Labute approximate surface area is 199 Å². The summed E-state index contributed by atoms with van der Waals surface area (Å²) in [6.45, 7) is 2.93. The average molecular weight is 464 g/mol. The van der Waals surface area contributed by atoms with Gasteiger partial charge in [0.15, 0.2) is 11.5 Å². The van der Waals surface area contributed by atoms with Crippen molar-refractivity contribution in [3.8, 4) is 23.0 Å². The molecule has 1 atom stereocenters. The van der Waals surface area contributed by atoms with Crippen LogP contribution in [0.1, 0.15) is 30.7 Å². The monoisotopic (exact) mass is 463 g/mol. The number of para-hydroxylation sites is 1. The van der Waals surface area contributed by atoms with Crippen molar-refractivity contribution >= 4 is 11.9 Å². The molecule has 1 unspecified atom stereocenters. The number of hydrogen-bond acceptors (Lipinski definition) is 6. The molecule has 2 aliphatic heterocycles. The van der Waals surface area contributed by atoms with Gasteiger partial charge in [-0.1, -0.05) is 24.3 Å². The van der Waals surface area contributed by atoms with Gasteiger partial charge in [-0.05, 0) is 97.1 Å². The van der Waals surface area contributed by atoms with Gasteiger partial charge in [-0.3, -0.25) is 4.72 Å². The molecule has 1 saturated heterocycles. The molecule has 0 bridgehead atoms. The van der Waals surface area contributed by atoms with E-state index < -0.39 is 0 Å². The second-order valence-corrected chi connectivity index (χ2v) is 9.40. The van der Waals surface area contributed by atoms with Crippen LogP contribution in [0.4, 0.5) is 0 Å². The quantitative estimate of drug-likeness (QED) is 0.370. The molecule has 2 aliphatic rings. The average Bonchev–Trinajstić information content (AvgIpc) is 3.34. The molecule has 0 radical (unpaired) electrons. The fourth-order valence-electron chi connectivity index (χ4n) is 4.31. The molecular weight excluding hydrogens is 434 g/mol. The van der Waals surface area contributed by atoms with E-state index in [4.69, 9.17) is 18.9 Å². The molecular formula is C27H29NO4S. The van der Waals surface area contributed by atoms with Crippen LogP contribution in [0.15, 0.2) is 77.7 Å². The van der Waals surface area contributed by atoms with Crippen LogP contribution in [0, 0.1) is 5.92 Å². The van der Waals surface area contributed by atoms with Crippen LogP contribution in [0.25, 0.3) is 0 Å². The number of benzene rings is 3. The predicted molar refractivity (Wildman–Crippen MR) is 130 cm³/mol. The van der Waals surface area contributed by atoms with E-state index in [1.54, 1.807) is 11.9 Å². The molecule has 0 saturated carbocycles. The van der Waals surface area contributed by atoms with Gasteiger partial charge in [0.25, 0.3) is 0 Å². The Morgan fingerprint density at radius 1 is 0.879 bits per heavy atom. The molecule has 0 aliphatic carbocycles. The molecule has 1 fully saturated rings. The van der Waals surface area contributed by atoms with Crippen molar-refractivity contribution in [1.29, 1.82) is 0 Å². The summed E-state index contributed by atoms with van der Waals surface area (Å²) in [6.07, 6.45) is 3.41. The fraction of sp³-hybridized carbons (Fsp3) is 0.333. The Kier molecular flexibility index (Phi) is 7.36. The smallest absolute Gasteiger partial charge is 0.231 e. The Morgan fingerprint density at radius 3 is 2.45 bits per heavy atom. The van der Waals surface area contributed by atoms with E-state index in [1.165, 1.54) is 5.56 Å². The third-order valence-corrected chi connectivity index (χ3v) is 6.97. The number of hydrogen-bond donors (Lipinski definition) is 1. The zero-order valence-electron chi connectivity index (χ0n) is 18.6. The van der Waals surface area contributed by atoms with Gasteiger partial charge in [-0.2, -0.15) is 0 Å². The van der Waals surface area contributed by atoms with Gasteiger partial charge in [0.2, 0.25) is 6.79 Å². The molecule has 5 nitrogen and oxygen atoms in total. The Morgan fingerprint density at radius 2 is 1.64 bits per heavy atom. The highest BCUT2D eigenvalue weighted by Crippen LogP contribution is 2.37. The molecule has 1 N–H and O–H groups in total. The number of ether oxygens (including phenoxy) is 4. The van der Waals surface area contributed by atoms with Crippen LogP contribution in [-0.4, -0.2) is 26.6 Å². The van der Waals surface area contributed by atoms with E-state index in [0.717, 1.165) is 66.9 Å². The first-order valence-corrected chi connectivity index (χ1v) is 12.3. The third-order valence-electron chi connectivity index (χ3n) is 6.15. The van der Waals surface area contributed by atoms with E-state index in [9.17, 15) is 0 Å². The van der Waals surface area contributed by atoms with E-state index >= 15 is 0 Å². The summed E-state index contributed by atoms with van der Waals surface area (Å²) in [4.78, 5) is 1.16. The van der Waals surface area contributed by atoms with Crippen molar-refractivity contribution in [2.75, 3.05) is 26.6 Å². The molecule has 172 valence electrons. The van der Waals surface area contributed by atoms with E-state index in [-0.39, 0.29) is 0 Å². The molecule has 2 heterocycles. The van der Waals surface area contributed by atoms with Crippen molar-refractivity contribution in [3.63, 3.8) is 0 Å². The molecule has 0 aromatic heterocycles. The summed E-state index contributed by atoms with van der Waals surface area (Å²) in [5.74, 6) is 4.46. The molecule has 5 rings (SSSR count). The minimum atomic E-state index is 0.307. The van der Waals surface area contributed by atoms with E-state index in [1.807, 2.05) is 48.5 Å². The third kappa shape index (κ3) is 6.02. The van der Waals surface area contributed by atoms with Gasteiger partial charge < -0.3 is 18.9 Å². The van der Waals surface area contributed by atoms with E-state index in [0.29, 0.717) is 18.6 Å². The first kappa shape index (κ1) is 22.1. The van der Waals surface area contributed by atoms with E-state index in [2.05, 4.69) is 29.0 Å². The zero-order valence-corrected chi connectivity index (χ0v) is 19.4. The van der Waals surface area contributed by atoms with Crippen molar-refractivity contribution in [3.05, 3.63) is 78.4 Å². The Bertz CT molecular complexity index is 1020. The molecule has 3 aromatic carbocycles. The molecule has 6 heteroatoms. The normalized spacial score (nSPS) is 16.5. The summed E-state index contributed by atoms with van der Waals surface area (Å²) in [5.41, 5.74) is 1.30. The Balaban J connectivity index is 1.20. The lowest BCUT2D eigenvalue weighted by atomic mass is 9.85. The van der Waals surface area contributed by atoms with Crippen molar-refractivity contribution < 1.29 is 18.9 Å². The fourth-order valence-corrected chi connectivity index (χ4v) is 5.04. The summed E-state index contributed by atoms with van der Waals surface area (Å²) < 4.78 is 26.2. The predicted octanol–water partition coefficient (Wildman–Crippen LogP) is 6.40. The van der Waals surface area contributed by atoms with Crippen molar-refractivity contribution in [2.24, 2.45) is 5.92 Å². The molecule has 3 aromatic rings. The number of rotatable bonds is 9. The highest BCUT2D eigenvalue weighted by atomic mass is 32.2. The van der Waals surface area contributed by atoms with Gasteiger partial charge >= 0.3 is 0 Å². The largest absolute Gasteiger partial charge is 0.457 e. The summed E-state index contributed by atoms with van der Waals surface area (Å²) in [6, 6.07) is 24.4. The number of fused-ring (bicyclic) bond motifs is 1. The van der Waals surface area contributed by atoms with Crippen LogP contribution in [0.5, 0.6) is 23.0 Å². The van der Waals surface area contributed by atoms with Gasteiger partial charge in [0.1, 0.15) is 11.5 Å². The van der Waals surface area contributed by atoms with Crippen LogP contribution < -0.4 is 18.9 Å². The summed E-state index contributed by atoms with van der Waals surface area (Å²) in [7, 11) is 0. The maximum atomic E-state index is 5.89. The summed E-state index contributed by atoms with van der Waals surface area (Å²) >= 11 is 1.66. The van der Waals surface area contributed by atoms with Gasteiger partial charge in [0, 0.05) is 24.7 Å². The lowest BCUT2D eigenvalue weighted by molar-refractivity contribution is 0.0618. The zero-order chi connectivity index (χ0) is 22.3. The highest BCUT2D eigenvalue weighted by molar-refractivity contribution is 7.97.